The Morgan fingerprint density at radius 1 is 0.901 bits per heavy atom. The SMILES string of the molecule is CC[C@@]1(O)C(=O)OCc2c1cc1n(c2=O)Cc2c-1nc1cc(F)c(C)c3c1c2[C@@H](NC(=O)OCc1ccc(NC(=O)[C@H](CCCNC(N)=O)NC(=O)[C@@H](NCCCCCCN(C)c2ccc([C@H]4C[C@]5(C)[C@H](C(C)=O)CC[C@H]5[C@H]5C4=C4CCC(=O)C=C4CC5OC(C)=O)cc2)C(C)C)cc1)CC3. The second-order valence-electron chi connectivity index (χ2n) is 29.5. The van der Waals surface area contributed by atoms with Crippen LogP contribution in [0, 0.1) is 41.8 Å². The molecule has 536 valence electrons. The summed E-state index contributed by atoms with van der Waals surface area (Å²) < 4.78 is 34.2. The van der Waals surface area contributed by atoms with E-state index >= 15 is 4.39 Å². The first-order valence-electron chi connectivity index (χ1n) is 36.0. The number of amides is 5. The molecule has 2 aliphatic heterocycles. The fourth-order valence-electron chi connectivity index (χ4n) is 17.7. The molecule has 4 heterocycles. The summed E-state index contributed by atoms with van der Waals surface area (Å²) in [6, 6.07) is 15.5. The van der Waals surface area contributed by atoms with E-state index in [0.717, 1.165) is 68.3 Å². The summed E-state index contributed by atoms with van der Waals surface area (Å²) in [6.45, 7) is 13.9. The number of halogens is 1. The Morgan fingerprint density at radius 2 is 1.65 bits per heavy atom. The molecule has 2 fully saturated rings. The maximum Gasteiger partial charge on any atom is 0.407 e. The average molecular weight is 1380 g/mol. The monoisotopic (exact) mass is 1380 g/mol. The van der Waals surface area contributed by atoms with Crippen molar-refractivity contribution in [2.75, 3.05) is 36.9 Å². The second-order valence-corrected chi connectivity index (χ2v) is 29.5. The number of nitrogens with two attached hydrogens (primary N) is 1. The van der Waals surface area contributed by atoms with E-state index in [9.17, 15) is 48.3 Å². The summed E-state index contributed by atoms with van der Waals surface area (Å²) in [5.41, 5.74) is 13.3. The predicted molar refractivity (Wildman–Crippen MR) is 378 cm³/mol. The number of alkyl carbamates (subject to hydrolysis) is 1. The molecule has 22 nitrogen and oxygen atoms in total. The number of aryl methyl sites for hydroxylation is 1. The number of urea groups is 1. The first-order valence-corrected chi connectivity index (χ1v) is 36.0. The number of pyridine rings is 2. The molecule has 0 spiro atoms. The number of carbonyl (C=O) groups is 8. The van der Waals surface area contributed by atoms with Crippen LogP contribution in [-0.4, -0.2) is 107 Å². The van der Waals surface area contributed by atoms with Crippen LogP contribution in [0.25, 0.3) is 22.3 Å². The molecule has 2 aromatic heterocycles. The minimum Gasteiger partial charge on any atom is -0.462 e. The number of Topliss-reactive ketones (excluding diaryl/α,β-unsaturated/α-hetero) is 1. The number of hydrogen-bond donors (Lipinski definition) is 7. The van der Waals surface area contributed by atoms with Gasteiger partial charge in [0, 0.05) is 91.6 Å². The molecule has 5 aliphatic carbocycles. The van der Waals surface area contributed by atoms with E-state index in [2.05, 4.69) is 69.7 Å². The maximum atomic E-state index is 15.5. The van der Waals surface area contributed by atoms with Gasteiger partial charge in [0.05, 0.1) is 41.1 Å². The molecule has 7 aliphatic rings. The van der Waals surface area contributed by atoms with Crippen molar-refractivity contribution < 1.29 is 62.1 Å². The van der Waals surface area contributed by atoms with E-state index in [1.807, 2.05) is 13.8 Å². The third-order valence-corrected chi connectivity index (χ3v) is 22.9. The number of primary amides is 1. The number of ketones is 2. The summed E-state index contributed by atoms with van der Waals surface area (Å²) >= 11 is 0. The first-order chi connectivity index (χ1) is 48.3. The van der Waals surface area contributed by atoms with Crippen LogP contribution < -0.4 is 42.8 Å². The highest BCUT2D eigenvalue weighted by Gasteiger charge is 2.60. The number of aromatic nitrogens is 2. The summed E-state index contributed by atoms with van der Waals surface area (Å²) in [7, 11) is 2.10. The fraction of sp³-hybridized carbons (Fsp3) is 0.513. The van der Waals surface area contributed by atoms with E-state index in [1.54, 1.807) is 57.2 Å². The highest BCUT2D eigenvalue weighted by atomic mass is 19.1. The molecule has 101 heavy (non-hydrogen) atoms. The number of aliphatic hydroxyl groups is 1. The third-order valence-electron chi connectivity index (χ3n) is 22.9. The van der Waals surface area contributed by atoms with Gasteiger partial charge >= 0.3 is 24.1 Å². The minimum absolute atomic E-state index is 0.0111. The summed E-state index contributed by atoms with van der Waals surface area (Å²) in [4.78, 5) is 126. The number of carbonyl (C=O) groups excluding carboxylic acids is 8. The van der Waals surface area contributed by atoms with Gasteiger partial charge in [-0.1, -0.05) is 70.4 Å². The van der Waals surface area contributed by atoms with E-state index < -0.39 is 65.2 Å². The predicted octanol–water partition coefficient (Wildman–Crippen LogP) is 10.3. The van der Waals surface area contributed by atoms with Crippen molar-refractivity contribution in [1.29, 1.82) is 0 Å². The summed E-state index contributed by atoms with van der Waals surface area (Å²) in [5, 5.41) is 27.0. The van der Waals surface area contributed by atoms with Crippen molar-refractivity contribution in [2.45, 2.75) is 200 Å². The molecular formula is C78H94FN9O13. The molecule has 0 bridgehead atoms. The molecule has 10 atom stereocenters. The van der Waals surface area contributed by atoms with E-state index in [0.29, 0.717) is 95.3 Å². The summed E-state index contributed by atoms with van der Waals surface area (Å²) in [5.74, 6) is -2.13. The van der Waals surface area contributed by atoms with Gasteiger partial charge in [-0.05, 0) is 184 Å². The molecular weight excluding hydrogens is 1290 g/mol. The van der Waals surface area contributed by atoms with Crippen molar-refractivity contribution >= 4 is 69.7 Å². The maximum absolute atomic E-state index is 15.5. The van der Waals surface area contributed by atoms with E-state index in [-0.39, 0.29) is 109 Å². The molecule has 5 amide bonds. The Labute approximate surface area is 587 Å². The smallest absolute Gasteiger partial charge is 0.407 e. The van der Waals surface area contributed by atoms with Crippen molar-refractivity contribution in [3.63, 3.8) is 0 Å². The van der Waals surface area contributed by atoms with Crippen LogP contribution in [0.15, 0.2) is 88.3 Å². The largest absolute Gasteiger partial charge is 0.462 e. The zero-order valence-corrected chi connectivity index (χ0v) is 59.0. The van der Waals surface area contributed by atoms with Crippen molar-refractivity contribution in [3.05, 3.63) is 144 Å². The van der Waals surface area contributed by atoms with Crippen molar-refractivity contribution in [3.8, 4) is 11.4 Å². The number of nitrogens with zero attached hydrogens (tertiary/aromatic N) is 3. The van der Waals surface area contributed by atoms with Crippen LogP contribution in [0.3, 0.4) is 0 Å². The average Bonchev–Trinajstić information content (AvgIpc) is 1.64. The molecule has 0 radical (unpaired) electrons. The van der Waals surface area contributed by atoms with Gasteiger partial charge in [-0.25, -0.2) is 23.8 Å². The number of rotatable bonds is 25. The highest BCUT2D eigenvalue weighted by Crippen LogP contribution is 2.66. The number of allylic oxidation sites excluding steroid dienone is 2. The van der Waals surface area contributed by atoms with Crippen molar-refractivity contribution in [1.82, 2.24) is 30.8 Å². The molecule has 23 heteroatoms. The Kier molecular flexibility index (Phi) is 20.9. The van der Waals surface area contributed by atoms with Gasteiger partial charge in [-0.2, -0.15) is 0 Å². The van der Waals surface area contributed by atoms with Crippen LogP contribution in [0.1, 0.15) is 188 Å². The lowest BCUT2D eigenvalue weighted by molar-refractivity contribution is -0.172. The zero-order chi connectivity index (χ0) is 71.9. The lowest BCUT2D eigenvalue weighted by Crippen LogP contribution is -2.53. The Hall–Kier alpha value is -9.09. The first kappa shape index (κ1) is 71.7. The number of cyclic esters (lactones) is 1. The van der Waals surface area contributed by atoms with Crippen LogP contribution in [0.5, 0.6) is 0 Å². The molecule has 1 unspecified atom stereocenters. The third kappa shape index (κ3) is 14.2. The van der Waals surface area contributed by atoms with Crippen molar-refractivity contribution in [2.24, 2.45) is 34.8 Å². The number of hydrogen-bond acceptors (Lipinski definition) is 16. The van der Waals surface area contributed by atoms with Crippen LogP contribution in [0.2, 0.25) is 0 Å². The number of anilines is 2. The second kappa shape index (κ2) is 29.5. The number of ether oxygens (including phenoxy) is 3. The fourth-order valence-corrected chi connectivity index (χ4v) is 17.7. The summed E-state index contributed by atoms with van der Waals surface area (Å²) in [6.07, 6.45) is 9.82. The number of unbranched alkanes of at least 4 members (excludes halogenated alkanes) is 3. The Bertz CT molecular complexity index is 4280. The van der Waals surface area contributed by atoms with E-state index in [1.165, 1.54) is 34.3 Å². The topological polar surface area (TPSA) is 309 Å². The lowest BCUT2D eigenvalue weighted by Gasteiger charge is -2.54. The van der Waals surface area contributed by atoms with Gasteiger partial charge in [-0.15, -0.1) is 0 Å². The molecule has 5 aromatic rings. The normalized spacial score (nSPS) is 23.6. The molecule has 8 N–H and O–H groups in total. The standard InChI is InChI=1S/C78H94FN9O13/c1-9-78(98)58-35-63-70-54(38-88(63)73(94)55(58)40-99-74(78)95)67-60(29-26-51-42(4)59(79)36-62(84-70)66(51)67)86-76(97)100-39-45-16-20-48(21-17-45)83-71(92)61(15-14-31-82-75(80)96)85-72(93)69(41(2)3)81-30-12-10-11-13-32-87(8)49-22-18-46(19-23-49)53-37-77(7)56(43(5)89)27-28-57(77)68-64(101-44(6)90)34-47-33-50(91)24-25-52(47)65(53)68/h16-23,33,35-36,41,53,56-57,60-61,64,68-69,81,98H,9-15,24-32,34,37-40H2,1-8H3,(H,83,92)(H,85,93)(H,86,97)(H3,80,82,96)/t53-,56+,57+,60+,61+,64?,68-,69+,77-,78+/m1/s1. The van der Waals surface area contributed by atoms with Gasteiger partial charge in [0.15, 0.2) is 11.4 Å². The molecule has 2 saturated carbocycles. The zero-order valence-electron chi connectivity index (χ0n) is 59.0. The molecule has 3 aromatic carbocycles. The number of benzene rings is 3. The number of fused-ring (bicyclic) bond motifs is 9. The Morgan fingerprint density at radius 3 is 2.37 bits per heavy atom. The van der Waals surface area contributed by atoms with Gasteiger partial charge in [0.25, 0.3) is 5.56 Å². The Balaban J connectivity index is 0.629. The molecule has 0 saturated heterocycles. The number of esters is 2. The van der Waals surface area contributed by atoms with Crippen LogP contribution in [-0.2, 0) is 74.8 Å². The van der Waals surface area contributed by atoms with Gasteiger partial charge < -0.3 is 61.1 Å². The van der Waals surface area contributed by atoms with Gasteiger partial charge in [-0.3, -0.25) is 28.8 Å². The van der Waals surface area contributed by atoms with Crippen LogP contribution in [0.4, 0.5) is 25.4 Å². The minimum atomic E-state index is -2.04. The van der Waals surface area contributed by atoms with Gasteiger partial charge in [0.1, 0.15) is 37.0 Å². The number of nitrogens with one attached hydrogen (secondary N) is 5. The lowest BCUT2D eigenvalue weighted by atomic mass is 9.51. The van der Waals surface area contributed by atoms with Crippen LogP contribution >= 0.6 is 0 Å². The highest BCUT2D eigenvalue weighted by molar-refractivity contribution is 5.98. The van der Waals surface area contributed by atoms with Gasteiger partial charge in [0.2, 0.25) is 11.8 Å². The quantitative estimate of drug-likeness (QED) is 0.0159. The van der Waals surface area contributed by atoms with E-state index in [4.69, 9.17) is 24.9 Å². The molecule has 12 rings (SSSR count).